The summed E-state index contributed by atoms with van der Waals surface area (Å²) in [6.45, 7) is 6.48. The van der Waals surface area contributed by atoms with Gasteiger partial charge in [0.2, 0.25) is 0 Å². The molecular weight excluding hydrogens is 240 g/mol. The Morgan fingerprint density at radius 1 is 1.11 bits per heavy atom. The van der Waals surface area contributed by atoms with Gasteiger partial charge in [-0.1, -0.05) is 44.2 Å². The van der Waals surface area contributed by atoms with Gasteiger partial charge in [-0.05, 0) is 24.8 Å². The molecular formula is C16H26O3. The zero-order valence-corrected chi connectivity index (χ0v) is 12.1. The monoisotopic (exact) mass is 266 g/mol. The van der Waals surface area contributed by atoms with Gasteiger partial charge >= 0.3 is 0 Å². The fraction of sp³-hybridized carbons (Fsp3) is 0.625. The van der Waals surface area contributed by atoms with Crippen molar-refractivity contribution in [3.8, 4) is 0 Å². The molecule has 0 saturated carbocycles. The smallest absolute Gasteiger partial charge is 0.0884 e. The Kier molecular flexibility index (Phi) is 7.06. The van der Waals surface area contributed by atoms with Gasteiger partial charge in [-0.3, -0.25) is 0 Å². The third kappa shape index (κ3) is 5.72. The summed E-state index contributed by atoms with van der Waals surface area (Å²) in [5, 5.41) is 19.4. The Labute approximate surface area is 116 Å². The van der Waals surface area contributed by atoms with E-state index in [0.29, 0.717) is 18.9 Å². The van der Waals surface area contributed by atoms with Crippen LogP contribution in [0.1, 0.15) is 26.3 Å². The molecule has 0 bridgehead atoms. The molecule has 3 heteroatoms. The maximum Gasteiger partial charge on any atom is 0.0884 e. The molecule has 108 valence electrons. The van der Waals surface area contributed by atoms with Crippen LogP contribution in [-0.2, 0) is 11.2 Å². The zero-order valence-electron chi connectivity index (χ0n) is 12.1. The van der Waals surface area contributed by atoms with Crippen LogP contribution in [0.5, 0.6) is 0 Å². The highest BCUT2D eigenvalue weighted by Gasteiger charge is 2.26. The van der Waals surface area contributed by atoms with E-state index in [0.717, 1.165) is 5.56 Å². The van der Waals surface area contributed by atoms with Crippen LogP contribution >= 0.6 is 0 Å². The fourth-order valence-electron chi connectivity index (χ4n) is 2.17. The van der Waals surface area contributed by atoms with Gasteiger partial charge in [-0.25, -0.2) is 0 Å². The number of aliphatic hydroxyl groups excluding tert-OH is 2. The predicted octanol–water partition coefficient (Wildman–Crippen LogP) is 2.26. The fourth-order valence-corrected chi connectivity index (χ4v) is 2.17. The highest BCUT2D eigenvalue weighted by atomic mass is 16.5. The minimum absolute atomic E-state index is 0.0164. The lowest BCUT2D eigenvalue weighted by Gasteiger charge is -2.29. The second-order valence-corrected chi connectivity index (χ2v) is 5.56. The highest BCUT2D eigenvalue weighted by Crippen LogP contribution is 2.18. The number of rotatable bonds is 8. The standard InChI is InChI=1S/C16H26O3/c1-12(2)11-19-16(13(3)18)15(10-17)9-14-7-5-4-6-8-14/h4-8,12-13,15-18H,9-11H2,1-3H3/t13?,15-,16?/m0/s1. The minimum atomic E-state index is -0.584. The molecule has 0 aliphatic carbocycles. The van der Waals surface area contributed by atoms with Crippen LogP contribution in [0, 0.1) is 11.8 Å². The summed E-state index contributed by atoms with van der Waals surface area (Å²) in [7, 11) is 0. The van der Waals surface area contributed by atoms with Crippen molar-refractivity contribution in [3.63, 3.8) is 0 Å². The Hall–Kier alpha value is -0.900. The van der Waals surface area contributed by atoms with Gasteiger partial charge in [0.05, 0.1) is 12.2 Å². The van der Waals surface area contributed by atoms with Gasteiger partial charge < -0.3 is 14.9 Å². The van der Waals surface area contributed by atoms with E-state index < -0.39 is 6.10 Å². The molecule has 1 aromatic carbocycles. The van der Waals surface area contributed by atoms with Crippen LogP contribution < -0.4 is 0 Å². The molecule has 0 fully saturated rings. The molecule has 0 amide bonds. The maximum atomic E-state index is 9.87. The van der Waals surface area contributed by atoms with E-state index >= 15 is 0 Å². The summed E-state index contributed by atoms with van der Waals surface area (Å²) in [6, 6.07) is 10.00. The number of benzene rings is 1. The zero-order chi connectivity index (χ0) is 14.3. The van der Waals surface area contributed by atoms with Gasteiger partial charge in [-0.15, -0.1) is 0 Å². The average molecular weight is 266 g/mol. The Morgan fingerprint density at radius 3 is 2.21 bits per heavy atom. The molecule has 2 N–H and O–H groups in total. The van der Waals surface area contributed by atoms with Gasteiger partial charge in [-0.2, -0.15) is 0 Å². The molecule has 3 nitrogen and oxygen atoms in total. The molecule has 0 saturated heterocycles. The summed E-state index contributed by atoms with van der Waals surface area (Å²) in [5.41, 5.74) is 1.15. The first-order valence-corrected chi connectivity index (χ1v) is 6.99. The normalized spacial score (nSPS) is 16.3. The molecule has 0 heterocycles. The van der Waals surface area contributed by atoms with Gasteiger partial charge in [0.25, 0.3) is 0 Å². The van der Waals surface area contributed by atoms with Crippen molar-refractivity contribution in [2.75, 3.05) is 13.2 Å². The first kappa shape index (κ1) is 16.2. The van der Waals surface area contributed by atoms with Crippen molar-refractivity contribution in [1.29, 1.82) is 0 Å². The summed E-state index contributed by atoms with van der Waals surface area (Å²) < 4.78 is 5.78. The van der Waals surface area contributed by atoms with E-state index in [2.05, 4.69) is 13.8 Å². The molecule has 0 aliphatic heterocycles. The Morgan fingerprint density at radius 2 is 1.74 bits per heavy atom. The Balaban J connectivity index is 2.67. The number of hydrogen-bond acceptors (Lipinski definition) is 3. The van der Waals surface area contributed by atoms with Gasteiger partial charge in [0.1, 0.15) is 0 Å². The first-order valence-electron chi connectivity index (χ1n) is 6.99. The van der Waals surface area contributed by atoms with Crippen LogP contribution in [0.3, 0.4) is 0 Å². The average Bonchev–Trinajstić information content (AvgIpc) is 2.38. The lowest BCUT2D eigenvalue weighted by atomic mass is 9.92. The van der Waals surface area contributed by atoms with Gasteiger partial charge in [0.15, 0.2) is 0 Å². The van der Waals surface area contributed by atoms with E-state index in [1.54, 1.807) is 6.92 Å². The molecule has 1 rings (SSSR count). The first-order chi connectivity index (χ1) is 9.04. The third-order valence-electron chi connectivity index (χ3n) is 3.14. The lowest BCUT2D eigenvalue weighted by molar-refractivity contribution is -0.0798. The molecule has 0 radical (unpaired) electrons. The second-order valence-electron chi connectivity index (χ2n) is 5.56. The van der Waals surface area contributed by atoms with Crippen molar-refractivity contribution in [3.05, 3.63) is 35.9 Å². The number of ether oxygens (including phenoxy) is 1. The minimum Gasteiger partial charge on any atom is -0.396 e. The second kappa shape index (κ2) is 8.31. The van der Waals surface area contributed by atoms with Crippen LogP contribution in [0.2, 0.25) is 0 Å². The third-order valence-corrected chi connectivity index (χ3v) is 3.14. The summed E-state index contributed by atoms with van der Waals surface area (Å²) in [5.74, 6) is 0.332. The maximum absolute atomic E-state index is 9.87. The molecule has 0 aliphatic rings. The Bertz CT molecular complexity index is 335. The summed E-state index contributed by atoms with van der Waals surface area (Å²) >= 11 is 0. The van der Waals surface area contributed by atoms with E-state index in [9.17, 15) is 10.2 Å². The van der Waals surface area contributed by atoms with Crippen molar-refractivity contribution in [2.24, 2.45) is 11.8 Å². The number of aliphatic hydroxyl groups is 2. The van der Waals surface area contributed by atoms with E-state index in [4.69, 9.17) is 4.74 Å². The van der Waals surface area contributed by atoms with E-state index in [1.165, 1.54) is 0 Å². The van der Waals surface area contributed by atoms with Crippen LogP contribution in [-0.4, -0.2) is 35.6 Å². The van der Waals surface area contributed by atoms with E-state index in [1.807, 2.05) is 30.3 Å². The molecule has 1 aromatic rings. The van der Waals surface area contributed by atoms with E-state index in [-0.39, 0.29) is 18.6 Å². The molecule has 3 atom stereocenters. The van der Waals surface area contributed by atoms with Crippen LogP contribution in [0.15, 0.2) is 30.3 Å². The summed E-state index contributed by atoms with van der Waals surface area (Å²) in [4.78, 5) is 0. The summed E-state index contributed by atoms with van der Waals surface area (Å²) in [6.07, 6.45) is -0.197. The molecule has 2 unspecified atom stereocenters. The molecule has 19 heavy (non-hydrogen) atoms. The SMILES string of the molecule is CC(C)COC(C(C)O)[C@H](CO)Cc1ccccc1. The topological polar surface area (TPSA) is 49.7 Å². The van der Waals surface area contributed by atoms with Crippen molar-refractivity contribution in [1.82, 2.24) is 0 Å². The molecule has 0 spiro atoms. The van der Waals surface area contributed by atoms with Gasteiger partial charge in [0, 0.05) is 19.1 Å². The van der Waals surface area contributed by atoms with Crippen molar-refractivity contribution >= 4 is 0 Å². The molecule has 0 aromatic heterocycles. The van der Waals surface area contributed by atoms with Crippen molar-refractivity contribution in [2.45, 2.75) is 39.4 Å². The predicted molar refractivity (Wildman–Crippen MR) is 77.0 cm³/mol. The quantitative estimate of drug-likeness (QED) is 0.759. The van der Waals surface area contributed by atoms with Crippen LogP contribution in [0.4, 0.5) is 0 Å². The van der Waals surface area contributed by atoms with Crippen LogP contribution in [0.25, 0.3) is 0 Å². The lowest BCUT2D eigenvalue weighted by Crippen LogP contribution is -2.38. The van der Waals surface area contributed by atoms with Crippen molar-refractivity contribution < 1.29 is 14.9 Å². The highest BCUT2D eigenvalue weighted by molar-refractivity contribution is 5.15. The largest absolute Gasteiger partial charge is 0.396 e. The number of hydrogen-bond donors (Lipinski definition) is 2.